The van der Waals surface area contributed by atoms with E-state index in [-0.39, 0.29) is 29.3 Å². The highest BCUT2D eigenvalue weighted by molar-refractivity contribution is 5.97. The highest BCUT2D eigenvalue weighted by atomic mass is 19.1. The molecule has 5 rings (SSSR count). The first kappa shape index (κ1) is 22.9. The average Bonchev–Trinajstić information content (AvgIpc) is 3.33. The molecule has 4 aromatic rings. The molecule has 0 bridgehead atoms. The zero-order valence-corrected chi connectivity index (χ0v) is 19.3. The molecule has 1 aliphatic heterocycles. The van der Waals surface area contributed by atoms with Gasteiger partial charge in [0.2, 0.25) is 5.43 Å². The summed E-state index contributed by atoms with van der Waals surface area (Å²) in [6.45, 7) is 1.97. The molecule has 3 aromatic carbocycles. The summed E-state index contributed by atoms with van der Waals surface area (Å²) in [5.74, 6) is -1.53. The summed E-state index contributed by atoms with van der Waals surface area (Å²) >= 11 is 0. The van der Waals surface area contributed by atoms with Crippen LogP contribution in [0.15, 0.2) is 59.5 Å². The Kier molecular flexibility index (Phi) is 5.90. The SMILES string of the molecule is COc1c(N2CC[C@H](CN)C2)c(F)cc2c(=O)c(C(=O)O)cn(Cc3ccc4ccccc4c3)c12. The molecule has 1 atom stereocenters. The van der Waals surface area contributed by atoms with Crippen LogP contribution in [0.1, 0.15) is 22.3 Å². The number of pyridine rings is 1. The maximum Gasteiger partial charge on any atom is 0.341 e. The van der Waals surface area contributed by atoms with Gasteiger partial charge >= 0.3 is 5.97 Å². The van der Waals surface area contributed by atoms with Crippen molar-refractivity contribution in [2.45, 2.75) is 13.0 Å². The van der Waals surface area contributed by atoms with Crippen LogP contribution in [0.3, 0.4) is 0 Å². The number of anilines is 1. The van der Waals surface area contributed by atoms with E-state index >= 15 is 4.39 Å². The minimum Gasteiger partial charge on any atom is -0.492 e. The van der Waals surface area contributed by atoms with Crippen LogP contribution in [0.25, 0.3) is 21.7 Å². The van der Waals surface area contributed by atoms with E-state index < -0.39 is 22.8 Å². The molecule has 0 amide bonds. The first-order chi connectivity index (χ1) is 16.9. The highest BCUT2D eigenvalue weighted by Gasteiger charge is 2.29. The van der Waals surface area contributed by atoms with Gasteiger partial charge in [0.05, 0.1) is 18.0 Å². The van der Waals surface area contributed by atoms with Crippen LogP contribution in [-0.2, 0) is 6.54 Å². The van der Waals surface area contributed by atoms with Gasteiger partial charge in [-0.2, -0.15) is 0 Å². The van der Waals surface area contributed by atoms with Gasteiger partial charge in [-0.1, -0.05) is 36.4 Å². The number of nitrogens with zero attached hydrogens (tertiary/aromatic N) is 2. The number of carbonyl (C=O) groups is 1. The number of ether oxygens (including phenoxy) is 1. The zero-order chi connectivity index (χ0) is 24.7. The number of rotatable bonds is 6. The Bertz CT molecular complexity index is 1510. The van der Waals surface area contributed by atoms with Crippen LogP contribution in [0.4, 0.5) is 10.1 Å². The van der Waals surface area contributed by atoms with Crippen LogP contribution in [0.5, 0.6) is 5.75 Å². The van der Waals surface area contributed by atoms with Crippen LogP contribution < -0.4 is 20.8 Å². The summed E-state index contributed by atoms with van der Waals surface area (Å²) in [5, 5.41) is 11.8. The third-order valence-corrected chi connectivity index (χ3v) is 6.78. The monoisotopic (exact) mass is 475 g/mol. The fraction of sp³-hybridized carbons (Fsp3) is 0.259. The molecule has 7 nitrogen and oxygen atoms in total. The predicted octanol–water partition coefficient (Wildman–Crippen LogP) is 3.83. The molecule has 1 fully saturated rings. The number of aromatic nitrogens is 1. The molecule has 0 radical (unpaired) electrons. The van der Waals surface area contributed by atoms with E-state index in [2.05, 4.69) is 0 Å². The van der Waals surface area contributed by atoms with Crippen molar-refractivity contribution in [2.24, 2.45) is 11.7 Å². The third-order valence-electron chi connectivity index (χ3n) is 6.78. The lowest BCUT2D eigenvalue weighted by molar-refractivity contribution is 0.0695. The van der Waals surface area contributed by atoms with E-state index in [0.29, 0.717) is 25.2 Å². The second-order valence-electron chi connectivity index (χ2n) is 8.96. The molecule has 2 heterocycles. The number of carboxylic acid groups (broad SMARTS) is 1. The lowest BCUT2D eigenvalue weighted by Crippen LogP contribution is -2.25. The highest BCUT2D eigenvalue weighted by Crippen LogP contribution is 2.40. The van der Waals surface area contributed by atoms with Crippen molar-refractivity contribution in [1.82, 2.24) is 4.57 Å². The first-order valence-corrected chi connectivity index (χ1v) is 11.5. The van der Waals surface area contributed by atoms with Gasteiger partial charge in [-0.3, -0.25) is 4.79 Å². The molecule has 1 saturated heterocycles. The number of hydrogen-bond donors (Lipinski definition) is 2. The molecule has 0 aliphatic carbocycles. The van der Waals surface area contributed by atoms with Crippen molar-refractivity contribution in [3.8, 4) is 5.75 Å². The quantitative estimate of drug-likeness (QED) is 0.440. The van der Waals surface area contributed by atoms with Crippen molar-refractivity contribution in [1.29, 1.82) is 0 Å². The van der Waals surface area contributed by atoms with Gasteiger partial charge in [0.25, 0.3) is 0 Å². The minimum absolute atomic E-state index is 0.0293. The summed E-state index contributed by atoms with van der Waals surface area (Å²) in [5.41, 5.74) is 6.21. The Labute approximate surface area is 201 Å². The summed E-state index contributed by atoms with van der Waals surface area (Å²) in [7, 11) is 1.43. The Morgan fingerprint density at radius 1 is 1.20 bits per heavy atom. The molecule has 0 saturated carbocycles. The Morgan fingerprint density at radius 3 is 2.66 bits per heavy atom. The number of benzene rings is 3. The van der Waals surface area contributed by atoms with E-state index in [9.17, 15) is 14.7 Å². The van der Waals surface area contributed by atoms with E-state index in [1.54, 1.807) is 4.57 Å². The standard InChI is InChI=1S/C27H26FN3O4/c1-35-26-23-20(11-22(28)24(26)30-9-8-17(12-29)14-30)25(32)21(27(33)34)15-31(23)13-16-6-7-18-4-2-3-5-19(18)10-16/h2-7,10-11,15,17H,8-9,12-14,29H2,1H3,(H,33,34)/t17-/m1/s1. The van der Waals surface area contributed by atoms with Gasteiger partial charge in [0, 0.05) is 25.8 Å². The van der Waals surface area contributed by atoms with Crippen molar-refractivity contribution >= 4 is 33.3 Å². The van der Waals surface area contributed by atoms with Gasteiger partial charge < -0.3 is 25.0 Å². The molecular formula is C27H26FN3O4. The predicted molar refractivity (Wildman–Crippen MR) is 134 cm³/mol. The van der Waals surface area contributed by atoms with Gasteiger partial charge in [-0.25, -0.2) is 9.18 Å². The lowest BCUT2D eigenvalue weighted by atomic mass is 10.1. The summed E-state index contributed by atoms with van der Waals surface area (Å²) in [6.07, 6.45) is 2.15. The van der Waals surface area contributed by atoms with Gasteiger partial charge in [0.1, 0.15) is 11.3 Å². The fourth-order valence-corrected chi connectivity index (χ4v) is 5.02. The molecule has 35 heavy (non-hydrogen) atoms. The van der Waals surface area contributed by atoms with E-state index in [0.717, 1.165) is 28.8 Å². The van der Waals surface area contributed by atoms with E-state index in [1.165, 1.54) is 13.3 Å². The number of carboxylic acids is 1. The van der Waals surface area contributed by atoms with Gasteiger partial charge in [-0.05, 0) is 47.4 Å². The topological polar surface area (TPSA) is 97.8 Å². The van der Waals surface area contributed by atoms with Crippen LogP contribution in [-0.4, -0.2) is 42.4 Å². The lowest BCUT2D eigenvalue weighted by Gasteiger charge is -2.25. The fourth-order valence-electron chi connectivity index (χ4n) is 5.02. The normalized spacial score (nSPS) is 15.7. The van der Waals surface area contributed by atoms with Crippen LogP contribution in [0.2, 0.25) is 0 Å². The maximum absolute atomic E-state index is 15.4. The third kappa shape index (κ3) is 4.00. The second-order valence-corrected chi connectivity index (χ2v) is 8.96. The van der Waals surface area contributed by atoms with E-state index in [4.69, 9.17) is 10.5 Å². The summed E-state index contributed by atoms with van der Waals surface area (Å²) in [4.78, 5) is 26.8. The second kappa shape index (κ2) is 9.03. The molecule has 1 aromatic heterocycles. The Morgan fingerprint density at radius 2 is 1.97 bits per heavy atom. The van der Waals surface area contributed by atoms with Crippen molar-refractivity contribution in [3.63, 3.8) is 0 Å². The summed E-state index contributed by atoms with van der Waals surface area (Å²) in [6, 6.07) is 15.0. The van der Waals surface area contributed by atoms with Crippen LogP contribution in [0, 0.1) is 11.7 Å². The maximum atomic E-state index is 15.4. The molecule has 8 heteroatoms. The van der Waals surface area contributed by atoms with Gasteiger partial charge in [0.15, 0.2) is 11.6 Å². The van der Waals surface area contributed by atoms with Gasteiger partial charge in [-0.15, -0.1) is 0 Å². The largest absolute Gasteiger partial charge is 0.492 e. The molecule has 3 N–H and O–H groups in total. The smallest absolute Gasteiger partial charge is 0.341 e. The number of nitrogens with two attached hydrogens (primary N) is 1. The molecule has 180 valence electrons. The minimum atomic E-state index is -1.36. The van der Waals surface area contributed by atoms with Crippen molar-refractivity contribution in [3.05, 3.63) is 81.9 Å². The summed E-state index contributed by atoms with van der Waals surface area (Å²) < 4.78 is 22.8. The Balaban J connectivity index is 1.74. The molecule has 0 unspecified atom stereocenters. The molecular weight excluding hydrogens is 449 g/mol. The average molecular weight is 476 g/mol. The molecule has 1 aliphatic rings. The first-order valence-electron chi connectivity index (χ1n) is 11.5. The Hall–Kier alpha value is -3.91. The van der Waals surface area contributed by atoms with Crippen molar-refractivity contribution < 1.29 is 19.0 Å². The number of aromatic carboxylic acids is 1. The number of halogens is 1. The van der Waals surface area contributed by atoms with Crippen molar-refractivity contribution in [2.75, 3.05) is 31.6 Å². The molecule has 0 spiro atoms. The number of methoxy groups -OCH3 is 1. The van der Waals surface area contributed by atoms with E-state index in [1.807, 2.05) is 47.4 Å². The zero-order valence-electron chi connectivity index (χ0n) is 19.3. The number of fused-ring (bicyclic) bond motifs is 2. The number of hydrogen-bond acceptors (Lipinski definition) is 5. The van der Waals surface area contributed by atoms with Crippen LogP contribution >= 0.6 is 0 Å².